The Labute approximate surface area is 237 Å². The maximum atomic E-state index is 13.8. The summed E-state index contributed by atoms with van der Waals surface area (Å²) in [5.74, 6) is 0.482. The fourth-order valence-electron chi connectivity index (χ4n) is 7.39. The van der Waals surface area contributed by atoms with E-state index in [1.165, 1.54) is 49.8 Å². The first kappa shape index (κ1) is 29.1. The number of benzene rings is 2. The van der Waals surface area contributed by atoms with Gasteiger partial charge in [-0.05, 0) is 91.8 Å². The van der Waals surface area contributed by atoms with Gasteiger partial charge in [-0.1, -0.05) is 18.2 Å². The Kier molecular flexibility index (Phi) is 8.95. The molecular weight excluding hydrogens is 526 g/mol. The Hall–Kier alpha value is -1.90. The monoisotopic (exact) mass is 564 g/mol. The number of hydrogen-bond donors (Lipinski definition) is 2. The number of anilines is 1. The molecule has 9 heteroatoms. The van der Waals surface area contributed by atoms with Crippen molar-refractivity contribution < 1.29 is 14.3 Å². The fraction of sp³-hybridized carbons (Fsp3) is 0.552. The minimum absolute atomic E-state index is 0. The number of carbonyl (C=O) groups is 1. The molecule has 2 aliphatic heterocycles. The number of nitrogens with two attached hydrogens (primary N) is 1. The highest BCUT2D eigenvalue weighted by atomic mass is 35.5. The summed E-state index contributed by atoms with van der Waals surface area (Å²) in [6.07, 6.45) is 6.92. The predicted molar refractivity (Wildman–Crippen MR) is 153 cm³/mol. The molecule has 4 aliphatic rings. The molecule has 6 rings (SSSR count). The van der Waals surface area contributed by atoms with E-state index in [0.717, 1.165) is 18.8 Å². The first-order valence-corrected chi connectivity index (χ1v) is 13.6. The number of nitrogens with zero attached hydrogens (tertiary/aromatic N) is 3. The van der Waals surface area contributed by atoms with E-state index < -0.39 is 11.6 Å². The summed E-state index contributed by atoms with van der Waals surface area (Å²) in [5, 5.41) is 10.2. The Morgan fingerprint density at radius 2 is 1.79 bits per heavy atom. The van der Waals surface area contributed by atoms with Crippen molar-refractivity contribution in [2.45, 2.75) is 68.5 Å². The van der Waals surface area contributed by atoms with Crippen LogP contribution in [0, 0.1) is 5.82 Å². The topological polar surface area (TPSA) is 73.0 Å². The van der Waals surface area contributed by atoms with E-state index in [0.29, 0.717) is 31.5 Å². The third kappa shape index (κ3) is 4.92. The van der Waals surface area contributed by atoms with Crippen molar-refractivity contribution in [1.29, 1.82) is 0 Å². The predicted octanol–water partition coefficient (Wildman–Crippen LogP) is 4.38. The first-order chi connectivity index (χ1) is 17.5. The van der Waals surface area contributed by atoms with Crippen molar-refractivity contribution in [2.24, 2.45) is 5.73 Å². The maximum Gasteiger partial charge on any atom is 0.250 e. The fourth-order valence-corrected chi connectivity index (χ4v) is 7.39. The summed E-state index contributed by atoms with van der Waals surface area (Å²) >= 11 is 0. The molecule has 2 aliphatic carbocycles. The van der Waals surface area contributed by atoms with Crippen LogP contribution in [0.25, 0.3) is 0 Å². The van der Waals surface area contributed by atoms with E-state index in [4.69, 9.17) is 5.73 Å². The molecule has 2 aromatic rings. The second-order valence-corrected chi connectivity index (χ2v) is 11.1. The van der Waals surface area contributed by atoms with Crippen molar-refractivity contribution >= 4 is 36.4 Å². The molecule has 3 N–H and O–H groups in total. The van der Waals surface area contributed by atoms with Crippen LogP contribution < -0.4 is 10.6 Å². The minimum atomic E-state index is -0.751. The Morgan fingerprint density at radius 1 is 1.05 bits per heavy atom. The van der Waals surface area contributed by atoms with Crippen LogP contribution in [0.3, 0.4) is 0 Å². The van der Waals surface area contributed by atoms with E-state index in [9.17, 15) is 14.3 Å². The van der Waals surface area contributed by atoms with Gasteiger partial charge in [0, 0.05) is 37.9 Å². The van der Waals surface area contributed by atoms with Crippen LogP contribution in [0.2, 0.25) is 0 Å². The van der Waals surface area contributed by atoms with Crippen molar-refractivity contribution in [3.8, 4) is 0 Å². The van der Waals surface area contributed by atoms with Gasteiger partial charge in [-0.2, -0.15) is 0 Å². The second-order valence-electron chi connectivity index (χ2n) is 11.1. The standard InChI is InChI=1S/C29H37FN4O2.2ClH/c30-22-8-10-23(11-9-22)34-19-33(18-24(35)17-31)28(36)29(34)13-15-32(16-14-29)26-12-7-21-4-1-3-20-5-2-6-25(26)27(20)21;;/h2,5-6,8-11,21,24,26,35H,1,3-4,7,12-19,31H2;2*1H/t21?,24-,26?;;/m0../s1. The molecule has 2 unspecified atom stereocenters. The van der Waals surface area contributed by atoms with Gasteiger partial charge in [0.2, 0.25) is 5.91 Å². The average Bonchev–Trinajstić information content (AvgIpc) is 3.16. The number of rotatable bonds is 5. The highest BCUT2D eigenvalue weighted by Crippen LogP contribution is 2.48. The largest absolute Gasteiger partial charge is 0.390 e. The van der Waals surface area contributed by atoms with Gasteiger partial charge >= 0.3 is 0 Å². The van der Waals surface area contributed by atoms with Gasteiger partial charge in [-0.3, -0.25) is 9.69 Å². The average molecular weight is 566 g/mol. The molecule has 2 saturated heterocycles. The zero-order chi connectivity index (χ0) is 24.9. The number of carbonyl (C=O) groups excluding carboxylic acids is 1. The lowest BCUT2D eigenvalue weighted by Crippen LogP contribution is -2.57. The number of piperidine rings is 1. The normalized spacial score (nSPS) is 25.0. The number of likely N-dealkylation sites (tertiary alicyclic amines) is 1. The molecule has 2 heterocycles. The van der Waals surface area contributed by atoms with Gasteiger partial charge in [-0.25, -0.2) is 4.39 Å². The van der Waals surface area contributed by atoms with Gasteiger partial charge in [-0.15, -0.1) is 24.8 Å². The van der Waals surface area contributed by atoms with Gasteiger partial charge in [0.25, 0.3) is 0 Å². The van der Waals surface area contributed by atoms with Gasteiger partial charge in [0.05, 0.1) is 12.8 Å². The van der Waals surface area contributed by atoms with E-state index in [1.54, 1.807) is 28.2 Å². The maximum absolute atomic E-state index is 13.8. The summed E-state index contributed by atoms with van der Waals surface area (Å²) in [6, 6.07) is 13.7. The summed E-state index contributed by atoms with van der Waals surface area (Å²) in [6.45, 7) is 2.41. The molecule has 0 aromatic heterocycles. The third-order valence-electron chi connectivity index (χ3n) is 9.21. The highest BCUT2D eigenvalue weighted by Gasteiger charge is 2.54. The lowest BCUT2D eigenvalue weighted by atomic mass is 9.71. The Morgan fingerprint density at radius 3 is 2.50 bits per heavy atom. The second kappa shape index (κ2) is 11.7. The number of aryl methyl sites for hydroxylation is 1. The van der Waals surface area contributed by atoms with E-state index in [2.05, 4.69) is 28.0 Å². The van der Waals surface area contributed by atoms with Crippen LogP contribution in [0.15, 0.2) is 42.5 Å². The van der Waals surface area contributed by atoms with Crippen LogP contribution in [0.4, 0.5) is 10.1 Å². The SMILES string of the molecule is Cl.Cl.NC[C@H](O)CN1CN(c2ccc(F)cc2)C2(CCN(C3CCC4CCCc5cccc3c54)CC2)C1=O. The van der Waals surface area contributed by atoms with Crippen LogP contribution in [0.5, 0.6) is 0 Å². The third-order valence-corrected chi connectivity index (χ3v) is 9.21. The molecule has 0 bridgehead atoms. The summed E-state index contributed by atoms with van der Waals surface area (Å²) in [5.41, 5.74) is 10.5. The molecule has 2 aromatic carbocycles. The van der Waals surface area contributed by atoms with Crippen molar-refractivity contribution in [1.82, 2.24) is 9.80 Å². The van der Waals surface area contributed by atoms with Crippen LogP contribution in [-0.4, -0.2) is 65.3 Å². The molecule has 0 radical (unpaired) electrons. The molecule has 38 heavy (non-hydrogen) atoms. The number of aliphatic hydroxyl groups is 1. The van der Waals surface area contributed by atoms with Gasteiger partial charge in [0.15, 0.2) is 0 Å². The smallest absolute Gasteiger partial charge is 0.250 e. The summed E-state index contributed by atoms with van der Waals surface area (Å²) in [4.78, 5) is 20.3. The number of halogens is 3. The molecule has 6 nitrogen and oxygen atoms in total. The molecule has 208 valence electrons. The molecule has 2 fully saturated rings. The number of hydrogen-bond acceptors (Lipinski definition) is 5. The lowest BCUT2D eigenvalue weighted by molar-refractivity contribution is -0.135. The zero-order valence-electron chi connectivity index (χ0n) is 21.7. The number of aliphatic hydroxyl groups excluding tert-OH is 1. The van der Waals surface area contributed by atoms with Crippen molar-refractivity contribution in [3.05, 3.63) is 65.0 Å². The summed E-state index contributed by atoms with van der Waals surface area (Å²) < 4.78 is 13.7. The Bertz CT molecular complexity index is 1130. The van der Waals surface area contributed by atoms with E-state index in [1.807, 2.05) is 0 Å². The number of β-amino-alcohol motifs (C(OH)–C–C–N with tert-alkyl or cyclic N) is 1. The van der Waals surface area contributed by atoms with E-state index >= 15 is 0 Å². The van der Waals surface area contributed by atoms with Gasteiger partial charge < -0.3 is 20.6 Å². The van der Waals surface area contributed by atoms with Crippen molar-refractivity contribution in [3.63, 3.8) is 0 Å². The van der Waals surface area contributed by atoms with Crippen LogP contribution in [-0.2, 0) is 11.2 Å². The number of amides is 1. The van der Waals surface area contributed by atoms with Crippen LogP contribution in [0.1, 0.15) is 67.2 Å². The van der Waals surface area contributed by atoms with Crippen LogP contribution >= 0.6 is 24.8 Å². The van der Waals surface area contributed by atoms with Gasteiger partial charge in [0.1, 0.15) is 11.4 Å². The lowest BCUT2D eigenvalue weighted by Gasteiger charge is -2.47. The minimum Gasteiger partial charge on any atom is -0.390 e. The first-order valence-electron chi connectivity index (χ1n) is 13.6. The molecular formula is C29H39Cl2FN4O2. The molecule has 1 spiro atoms. The molecule has 0 saturated carbocycles. The quantitative estimate of drug-likeness (QED) is 0.563. The highest BCUT2D eigenvalue weighted by molar-refractivity contribution is 5.93. The molecule has 3 atom stereocenters. The molecule has 1 amide bonds. The Balaban J connectivity index is 0.00000168. The summed E-state index contributed by atoms with van der Waals surface area (Å²) in [7, 11) is 0. The van der Waals surface area contributed by atoms with E-state index in [-0.39, 0.29) is 49.6 Å². The van der Waals surface area contributed by atoms with Crippen molar-refractivity contribution in [2.75, 3.05) is 37.7 Å². The zero-order valence-corrected chi connectivity index (χ0v) is 23.4.